The van der Waals surface area contributed by atoms with Crippen LogP contribution in [0.1, 0.15) is 23.7 Å². The van der Waals surface area contributed by atoms with Crippen LogP contribution in [0.2, 0.25) is 5.02 Å². The van der Waals surface area contributed by atoms with Gasteiger partial charge in [-0.2, -0.15) is 0 Å². The van der Waals surface area contributed by atoms with Crippen molar-refractivity contribution in [3.8, 4) is 11.5 Å². The highest BCUT2D eigenvalue weighted by Gasteiger charge is 2.23. The SMILES string of the molecule is CCCOc1ccc(C(=O)N2CCN(c3ccc(NC(=O)COc4ccc5ccccc5c4)cc3Cl)CC2)cc1. The van der Waals surface area contributed by atoms with E-state index in [2.05, 4.69) is 17.1 Å². The van der Waals surface area contributed by atoms with Crippen LogP contribution < -0.4 is 19.7 Å². The third kappa shape index (κ3) is 6.66. The number of rotatable bonds is 9. The summed E-state index contributed by atoms with van der Waals surface area (Å²) in [5, 5.41) is 5.56. The molecule has 0 aromatic heterocycles. The second kappa shape index (κ2) is 12.7. The van der Waals surface area contributed by atoms with E-state index in [0.717, 1.165) is 28.6 Å². The van der Waals surface area contributed by atoms with E-state index in [1.165, 1.54) is 0 Å². The van der Waals surface area contributed by atoms with E-state index in [4.69, 9.17) is 21.1 Å². The van der Waals surface area contributed by atoms with Crippen molar-refractivity contribution < 1.29 is 19.1 Å². The maximum atomic E-state index is 13.0. The number of halogens is 1. The van der Waals surface area contributed by atoms with Crippen molar-refractivity contribution in [3.05, 3.63) is 95.5 Å². The number of hydrogen-bond acceptors (Lipinski definition) is 5. The van der Waals surface area contributed by atoms with E-state index < -0.39 is 0 Å². The second-order valence-corrected chi connectivity index (χ2v) is 10.1. The number of piperazine rings is 1. The summed E-state index contributed by atoms with van der Waals surface area (Å²) < 4.78 is 11.3. The van der Waals surface area contributed by atoms with Crippen LogP contribution in [0.3, 0.4) is 0 Å². The highest BCUT2D eigenvalue weighted by molar-refractivity contribution is 6.33. The van der Waals surface area contributed by atoms with Crippen LogP contribution in [0, 0.1) is 0 Å². The fraction of sp³-hybridized carbons (Fsp3) is 0.250. The van der Waals surface area contributed by atoms with Crippen molar-refractivity contribution in [3.63, 3.8) is 0 Å². The first-order valence-electron chi connectivity index (χ1n) is 13.5. The Kier molecular flexibility index (Phi) is 8.71. The Bertz CT molecular complexity index is 1480. The lowest BCUT2D eigenvalue weighted by Crippen LogP contribution is -2.48. The normalized spacial score (nSPS) is 13.2. The van der Waals surface area contributed by atoms with Gasteiger partial charge in [0.2, 0.25) is 0 Å². The van der Waals surface area contributed by atoms with Crippen LogP contribution in [-0.4, -0.2) is 56.1 Å². The fourth-order valence-corrected chi connectivity index (χ4v) is 4.99. The largest absolute Gasteiger partial charge is 0.494 e. The molecule has 0 saturated carbocycles. The van der Waals surface area contributed by atoms with Gasteiger partial charge in [-0.3, -0.25) is 9.59 Å². The number of fused-ring (bicyclic) bond motifs is 1. The van der Waals surface area contributed by atoms with Gasteiger partial charge in [-0.15, -0.1) is 0 Å². The molecule has 0 radical (unpaired) electrons. The first-order valence-corrected chi connectivity index (χ1v) is 13.9. The van der Waals surface area contributed by atoms with E-state index in [1.54, 1.807) is 6.07 Å². The average Bonchev–Trinajstić information content (AvgIpc) is 2.99. The maximum absolute atomic E-state index is 13.0. The van der Waals surface area contributed by atoms with Crippen molar-refractivity contribution in [1.82, 2.24) is 4.90 Å². The lowest BCUT2D eigenvalue weighted by molar-refractivity contribution is -0.118. The van der Waals surface area contributed by atoms with Crippen LogP contribution >= 0.6 is 11.6 Å². The summed E-state index contributed by atoms with van der Waals surface area (Å²) >= 11 is 6.60. The number of anilines is 2. The molecule has 4 aromatic rings. The minimum atomic E-state index is -0.269. The maximum Gasteiger partial charge on any atom is 0.262 e. The molecular weight excluding hydrogens is 526 g/mol. The topological polar surface area (TPSA) is 71.1 Å². The Labute approximate surface area is 239 Å². The van der Waals surface area contributed by atoms with Crippen LogP contribution in [0.5, 0.6) is 11.5 Å². The van der Waals surface area contributed by atoms with E-state index in [9.17, 15) is 9.59 Å². The molecule has 1 N–H and O–H groups in total. The minimum Gasteiger partial charge on any atom is -0.494 e. The molecule has 2 amide bonds. The molecule has 0 atom stereocenters. The van der Waals surface area contributed by atoms with E-state index in [1.807, 2.05) is 83.8 Å². The Morgan fingerprint density at radius 3 is 2.27 bits per heavy atom. The minimum absolute atomic E-state index is 0.0109. The number of carbonyl (C=O) groups is 2. The van der Waals surface area contributed by atoms with Gasteiger partial charge in [0.25, 0.3) is 11.8 Å². The second-order valence-electron chi connectivity index (χ2n) is 9.66. The number of ether oxygens (including phenoxy) is 2. The van der Waals surface area contributed by atoms with Gasteiger partial charge in [0.15, 0.2) is 6.61 Å². The van der Waals surface area contributed by atoms with Crippen molar-refractivity contribution in [2.45, 2.75) is 13.3 Å². The van der Waals surface area contributed by atoms with Gasteiger partial charge < -0.3 is 24.6 Å². The number of amides is 2. The van der Waals surface area contributed by atoms with Crippen molar-refractivity contribution in [2.24, 2.45) is 0 Å². The van der Waals surface area contributed by atoms with Crippen molar-refractivity contribution in [2.75, 3.05) is 49.6 Å². The Morgan fingerprint density at radius 2 is 1.55 bits per heavy atom. The van der Waals surface area contributed by atoms with Crippen LogP contribution in [0.25, 0.3) is 10.8 Å². The number of hydrogen-bond donors (Lipinski definition) is 1. The molecule has 0 bridgehead atoms. The highest BCUT2D eigenvalue weighted by Crippen LogP contribution is 2.30. The van der Waals surface area contributed by atoms with Crippen LogP contribution in [-0.2, 0) is 4.79 Å². The average molecular weight is 558 g/mol. The molecule has 0 unspecified atom stereocenters. The predicted molar refractivity (Wildman–Crippen MR) is 160 cm³/mol. The van der Waals surface area contributed by atoms with E-state index >= 15 is 0 Å². The number of nitrogens with zero attached hydrogens (tertiary/aromatic N) is 2. The van der Waals surface area contributed by atoms with E-state index in [0.29, 0.717) is 54.8 Å². The van der Waals surface area contributed by atoms with Gasteiger partial charge in [-0.05, 0) is 71.8 Å². The smallest absolute Gasteiger partial charge is 0.262 e. The molecule has 1 aliphatic heterocycles. The van der Waals surface area contributed by atoms with Gasteiger partial charge in [-0.1, -0.05) is 48.9 Å². The predicted octanol–water partition coefficient (Wildman–Crippen LogP) is 6.26. The van der Waals surface area contributed by atoms with Crippen LogP contribution in [0.4, 0.5) is 11.4 Å². The summed E-state index contributed by atoms with van der Waals surface area (Å²) in [7, 11) is 0. The van der Waals surface area contributed by atoms with Crippen molar-refractivity contribution >= 4 is 45.6 Å². The molecule has 40 heavy (non-hydrogen) atoms. The van der Waals surface area contributed by atoms with Crippen molar-refractivity contribution in [1.29, 1.82) is 0 Å². The van der Waals surface area contributed by atoms with Gasteiger partial charge in [0.05, 0.1) is 17.3 Å². The molecule has 0 spiro atoms. The fourth-order valence-electron chi connectivity index (χ4n) is 4.69. The number of nitrogens with one attached hydrogen (secondary N) is 1. The molecule has 5 rings (SSSR count). The molecule has 206 valence electrons. The van der Waals surface area contributed by atoms with Gasteiger partial charge in [0, 0.05) is 37.4 Å². The zero-order valence-corrected chi connectivity index (χ0v) is 23.2. The van der Waals surface area contributed by atoms with Gasteiger partial charge in [-0.25, -0.2) is 0 Å². The summed E-state index contributed by atoms with van der Waals surface area (Å²) in [6, 6.07) is 26.5. The standard InChI is InChI=1S/C32H32ClN3O4/c1-2-19-39-27-11-8-24(9-12-27)32(38)36-17-15-35(16-18-36)30-14-10-26(21-29(30)33)34-31(37)22-40-28-13-7-23-5-3-4-6-25(23)20-28/h3-14,20-21H,2,15-19,22H2,1H3,(H,34,37). The molecule has 1 saturated heterocycles. The third-order valence-electron chi connectivity index (χ3n) is 6.80. The Morgan fingerprint density at radius 1 is 0.825 bits per heavy atom. The molecule has 7 nitrogen and oxygen atoms in total. The lowest BCUT2D eigenvalue weighted by Gasteiger charge is -2.36. The summed E-state index contributed by atoms with van der Waals surface area (Å²) in [4.78, 5) is 29.5. The zero-order valence-electron chi connectivity index (χ0n) is 22.4. The summed E-state index contributed by atoms with van der Waals surface area (Å²) in [5.41, 5.74) is 2.12. The zero-order chi connectivity index (χ0) is 27.9. The third-order valence-corrected chi connectivity index (χ3v) is 7.11. The summed E-state index contributed by atoms with van der Waals surface area (Å²) in [6.07, 6.45) is 0.939. The monoisotopic (exact) mass is 557 g/mol. The summed E-state index contributed by atoms with van der Waals surface area (Å²) in [5.74, 6) is 1.15. The Hall–Kier alpha value is -4.23. The summed E-state index contributed by atoms with van der Waals surface area (Å²) in [6.45, 7) is 5.11. The van der Waals surface area contributed by atoms with Gasteiger partial charge >= 0.3 is 0 Å². The first-order chi connectivity index (χ1) is 19.5. The number of carbonyl (C=O) groups excluding carboxylic acids is 2. The molecular formula is C32H32ClN3O4. The molecule has 8 heteroatoms. The molecule has 1 heterocycles. The lowest BCUT2D eigenvalue weighted by atomic mass is 10.1. The first kappa shape index (κ1) is 27.3. The molecule has 1 aliphatic rings. The highest BCUT2D eigenvalue weighted by atomic mass is 35.5. The van der Waals surface area contributed by atoms with Gasteiger partial charge in [0.1, 0.15) is 11.5 Å². The van der Waals surface area contributed by atoms with E-state index in [-0.39, 0.29) is 18.4 Å². The quantitative estimate of drug-likeness (QED) is 0.263. The Balaban J connectivity index is 1.11. The molecule has 0 aliphatic carbocycles. The van der Waals surface area contributed by atoms with Crippen LogP contribution in [0.15, 0.2) is 84.9 Å². The molecule has 1 fully saturated rings. The molecule has 4 aromatic carbocycles. The number of benzene rings is 4.